The summed E-state index contributed by atoms with van der Waals surface area (Å²) in [6.45, 7) is 9.57. The van der Waals surface area contributed by atoms with Crippen LogP contribution in [0.5, 0.6) is 5.75 Å². The van der Waals surface area contributed by atoms with E-state index < -0.39 is 0 Å². The SMILES string of the molecule is Cc1cc(CNC(=O)c2sc(C)c3c2CC[C@H]3C)cc(C)c1OCCCO. The molecule has 0 radical (unpaired) electrons. The standard InChI is InChI=1S/C22H29NO3S/c1-13-6-7-18-19(13)16(4)27-21(18)22(25)23-12-17-10-14(2)20(15(3)11-17)26-9-5-8-24/h10-11,13,24H,5-9,12H2,1-4H3,(H,23,25)/t13-/m1/s1. The van der Waals surface area contributed by atoms with Gasteiger partial charge >= 0.3 is 0 Å². The van der Waals surface area contributed by atoms with Gasteiger partial charge in [0.05, 0.1) is 11.5 Å². The molecule has 0 saturated carbocycles. The maximum absolute atomic E-state index is 12.8. The van der Waals surface area contributed by atoms with Crippen LogP contribution in [0.1, 0.15) is 68.0 Å². The Hall–Kier alpha value is -1.85. The number of amides is 1. The first-order valence-corrected chi connectivity index (χ1v) is 10.5. The summed E-state index contributed by atoms with van der Waals surface area (Å²) in [5.74, 6) is 1.48. The zero-order valence-electron chi connectivity index (χ0n) is 16.6. The minimum Gasteiger partial charge on any atom is -0.493 e. The Kier molecular flexibility index (Phi) is 6.22. The molecule has 1 aromatic heterocycles. The van der Waals surface area contributed by atoms with Crippen LogP contribution in [0.3, 0.4) is 0 Å². The van der Waals surface area contributed by atoms with Gasteiger partial charge in [0.15, 0.2) is 0 Å². The zero-order valence-corrected chi connectivity index (χ0v) is 17.5. The molecule has 5 heteroatoms. The van der Waals surface area contributed by atoms with Gasteiger partial charge in [0.1, 0.15) is 5.75 Å². The lowest BCUT2D eigenvalue weighted by molar-refractivity contribution is 0.0954. The van der Waals surface area contributed by atoms with Crippen molar-refractivity contribution < 1.29 is 14.6 Å². The average molecular weight is 388 g/mol. The number of carbonyl (C=O) groups is 1. The number of thiophene rings is 1. The van der Waals surface area contributed by atoms with Gasteiger partial charge in [0.25, 0.3) is 5.91 Å². The second-order valence-corrected chi connectivity index (χ2v) is 8.71. The van der Waals surface area contributed by atoms with Crippen LogP contribution < -0.4 is 10.1 Å². The quantitative estimate of drug-likeness (QED) is 0.692. The van der Waals surface area contributed by atoms with Crippen molar-refractivity contribution in [2.24, 2.45) is 0 Å². The Labute approximate surface area is 165 Å². The molecule has 3 rings (SSSR count). The van der Waals surface area contributed by atoms with Gasteiger partial charge in [-0.1, -0.05) is 19.1 Å². The van der Waals surface area contributed by atoms with Gasteiger partial charge in [-0.25, -0.2) is 0 Å². The van der Waals surface area contributed by atoms with Gasteiger partial charge in [-0.3, -0.25) is 4.79 Å². The van der Waals surface area contributed by atoms with Crippen molar-refractivity contribution in [3.05, 3.63) is 49.7 Å². The van der Waals surface area contributed by atoms with E-state index in [-0.39, 0.29) is 12.5 Å². The molecule has 0 aliphatic heterocycles. The highest BCUT2D eigenvalue weighted by molar-refractivity contribution is 7.14. The van der Waals surface area contributed by atoms with Crippen LogP contribution in [0.25, 0.3) is 0 Å². The van der Waals surface area contributed by atoms with Gasteiger partial charge in [0, 0.05) is 24.4 Å². The molecule has 0 fully saturated rings. The number of nitrogens with one attached hydrogen (secondary N) is 1. The van der Waals surface area contributed by atoms with E-state index in [2.05, 4.69) is 31.3 Å². The molecule has 1 amide bonds. The summed E-state index contributed by atoms with van der Waals surface area (Å²) < 4.78 is 5.78. The third kappa shape index (κ3) is 4.19. The average Bonchev–Trinajstić information content (AvgIpc) is 3.16. The van der Waals surface area contributed by atoms with E-state index in [0.29, 0.717) is 25.5 Å². The number of hydrogen-bond acceptors (Lipinski definition) is 4. The van der Waals surface area contributed by atoms with E-state index in [9.17, 15) is 4.79 Å². The minimum atomic E-state index is 0.0389. The molecule has 1 aliphatic carbocycles. The van der Waals surface area contributed by atoms with Crippen LogP contribution in [0.15, 0.2) is 12.1 Å². The lowest BCUT2D eigenvalue weighted by Gasteiger charge is -2.14. The number of hydrogen-bond donors (Lipinski definition) is 2. The van der Waals surface area contributed by atoms with E-state index in [0.717, 1.165) is 40.2 Å². The van der Waals surface area contributed by atoms with Gasteiger partial charge in [-0.2, -0.15) is 0 Å². The topological polar surface area (TPSA) is 58.6 Å². The van der Waals surface area contributed by atoms with Gasteiger partial charge in [0.2, 0.25) is 0 Å². The van der Waals surface area contributed by atoms with Crippen LogP contribution in [0.4, 0.5) is 0 Å². The third-order valence-corrected chi connectivity index (χ3v) is 6.44. The Morgan fingerprint density at radius 3 is 2.67 bits per heavy atom. The summed E-state index contributed by atoms with van der Waals surface area (Å²) in [6.07, 6.45) is 2.79. The van der Waals surface area contributed by atoms with Crippen LogP contribution in [0.2, 0.25) is 0 Å². The molecule has 27 heavy (non-hydrogen) atoms. The van der Waals surface area contributed by atoms with Crippen molar-refractivity contribution in [3.63, 3.8) is 0 Å². The number of rotatable bonds is 7. The number of aliphatic hydroxyl groups is 1. The van der Waals surface area contributed by atoms with Crippen LogP contribution in [-0.4, -0.2) is 24.2 Å². The molecule has 146 valence electrons. The summed E-state index contributed by atoms with van der Waals surface area (Å²) in [5, 5.41) is 12.0. The number of carbonyl (C=O) groups excluding carboxylic acids is 1. The Balaban J connectivity index is 1.68. The summed E-state index contributed by atoms with van der Waals surface area (Å²) in [7, 11) is 0. The third-order valence-electron chi connectivity index (χ3n) is 5.28. The second kappa shape index (κ2) is 8.44. The lowest BCUT2D eigenvalue weighted by atomic mass is 10.0. The second-order valence-electron chi connectivity index (χ2n) is 7.49. The highest BCUT2D eigenvalue weighted by atomic mass is 32.1. The monoisotopic (exact) mass is 387 g/mol. The van der Waals surface area contributed by atoms with Crippen molar-refractivity contribution in [2.75, 3.05) is 13.2 Å². The predicted molar refractivity (Wildman–Crippen MR) is 110 cm³/mol. The molecule has 0 spiro atoms. The molecule has 1 atom stereocenters. The fraction of sp³-hybridized carbons (Fsp3) is 0.500. The minimum absolute atomic E-state index is 0.0389. The lowest BCUT2D eigenvalue weighted by Crippen LogP contribution is -2.23. The fourth-order valence-electron chi connectivity index (χ4n) is 4.06. The molecule has 1 aliphatic rings. The Morgan fingerprint density at radius 1 is 1.30 bits per heavy atom. The number of aryl methyl sites for hydroxylation is 3. The first-order valence-electron chi connectivity index (χ1n) is 9.66. The van der Waals surface area contributed by atoms with E-state index in [1.807, 2.05) is 13.8 Å². The van der Waals surface area contributed by atoms with Crippen molar-refractivity contribution in [1.82, 2.24) is 5.32 Å². The zero-order chi connectivity index (χ0) is 19.6. The molecule has 1 heterocycles. The first kappa shape index (κ1) is 19.9. The van der Waals surface area contributed by atoms with E-state index in [4.69, 9.17) is 9.84 Å². The van der Waals surface area contributed by atoms with Gasteiger partial charge in [-0.05, 0) is 67.3 Å². The van der Waals surface area contributed by atoms with Crippen LogP contribution >= 0.6 is 11.3 Å². The van der Waals surface area contributed by atoms with Crippen molar-refractivity contribution in [2.45, 2.75) is 59.4 Å². The van der Waals surface area contributed by atoms with E-state index in [1.54, 1.807) is 11.3 Å². The summed E-state index contributed by atoms with van der Waals surface area (Å²) in [4.78, 5) is 14.9. The van der Waals surface area contributed by atoms with Gasteiger partial charge < -0.3 is 15.2 Å². The van der Waals surface area contributed by atoms with Crippen LogP contribution in [-0.2, 0) is 13.0 Å². The van der Waals surface area contributed by atoms with Crippen molar-refractivity contribution in [3.8, 4) is 5.75 Å². The highest BCUT2D eigenvalue weighted by Crippen LogP contribution is 2.41. The molecule has 0 bridgehead atoms. The number of fused-ring (bicyclic) bond motifs is 1. The molecule has 0 saturated heterocycles. The summed E-state index contributed by atoms with van der Waals surface area (Å²) in [5.41, 5.74) is 5.85. The van der Waals surface area contributed by atoms with Crippen LogP contribution in [0, 0.1) is 20.8 Å². The number of aliphatic hydroxyl groups excluding tert-OH is 1. The molecule has 0 unspecified atom stereocenters. The summed E-state index contributed by atoms with van der Waals surface area (Å²) >= 11 is 1.63. The molecular formula is C22H29NO3S. The van der Waals surface area contributed by atoms with Crippen molar-refractivity contribution >= 4 is 17.2 Å². The van der Waals surface area contributed by atoms with E-state index in [1.165, 1.54) is 16.0 Å². The Morgan fingerprint density at radius 2 is 2.00 bits per heavy atom. The maximum Gasteiger partial charge on any atom is 0.261 e. The molecule has 1 aromatic carbocycles. The van der Waals surface area contributed by atoms with Gasteiger partial charge in [-0.15, -0.1) is 11.3 Å². The summed E-state index contributed by atoms with van der Waals surface area (Å²) in [6, 6.07) is 4.13. The largest absolute Gasteiger partial charge is 0.493 e. The highest BCUT2D eigenvalue weighted by Gasteiger charge is 2.28. The fourth-order valence-corrected chi connectivity index (χ4v) is 5.30. The van der Waals surface area contributed by atoms with Crippen molar-refractivity contribution in [1.29, 1.82) is 0 Å². The molecule has 4 nitrogen and oxygen atoms in total. The maximum atomic E-state index is 12.8. The van der Waals surface area contributed by atoms with E-state index >= 15 is 0 Å². The number of ether oxygens (including phenoxy) is 1. The normalized spacial score (nSPS) is 15.7. The number of benzene rings is 1. The molecule has 2 N–H and O–H groups in total. The first-order chi connectivity index (χ1) is 12.9. The predicted octanol–water partition coefficient (Wildman–Crippen LogP) is 4.41. The molecular weight excluding hydrogens is 358 g/mol. The Bertz CT molecular complexity index is 817. The molecule has 2 aromatic rings. The smallest absolute Gasteiger partial charge is 0.261 e.